The van der Waals surface area contributed by atoms with Crippen LogP contribution in [0.3, 0.4) is 0 Å². The second kappa shape index (κ2) is 3.79. The first-order valence-electron chi connectivity index (χ1n) is 4.31. The zero-order valence-electron chi connectivity index (χ0n) is 7.28. The normalized spacial score (nSPS) is 14.4. The van der Waals surface area contributed by atoms with Crippen LogP contribution in [0, 0.1) is 0 Å². The summed E-state index contributed by atoms with van der Waals surface area (Å²) < 4.78 is 0. The number of benzene rings is 1. The van der Waals surface area contributed by atoms with Crippen LogP contribution < -0.4 is 10.6 Å². The van der Waals surface area contributed by atoms with Gasteiger partial charge < -0.3 is 4.90 Å². The van der Waals surface area contributed by atoms with Gasteiger partial charge in [0.1, 0.15) is 6.67 Å². The van der Waals surface area contributed by atoms with Gasteiger partial charge in [-0.15, -0.1) is 11.6 Å². The van der Waals surface area contributed by atoms with E-state index >= 15 is 0 Å². The van der Waals surface area contributed by atoms with E-state index in [1.165, 1.54) is 5.22 Å². The van der Waals surface area contributed by atoms with E-state index in [0.29, 0.717) is 5.88 Å². The van der Waals surface area contributed by atoms with Crippen LogP contribution in [-0.4, -0.2) is 24.0 Å². The van der Waals surface area contributed by atoms with Crippen molar-refractivity contribution in [3.63, 3.8) is 0 Å². The third kappa shape index (κ3) is 1.83. The largest absolute Gasteiger partial charge is 0.357 e. The Bertz CT molecular complexity index is 400. The highest BCUT2D eigenvalue weighted by atomic mass is 35.5. The van der Waals surface area contributed by atoms with Crippen LogP contribution in [-0.2, 0) is 0 Å². The number of alkyl halides is 1. The summed E-state index contributed by atoms with van der Waals surface area (Å²) in [5, 5.41) is 2.26. The lowest BCUT2D eigenvalue weighted by atomic mass is 10.3. The fourth-order valence-electron chi connectivity index (χ4n) is 1.39. The van der Waals surface area contributed by atoms with Gasteiger partial charge in [-0.25, -0.2) is 0 Å². The van der Waals surface area contributed by atoms with Crippen molar-refractivity contribution < 1.29 is 0 Å². The molecule has 0 saturated carbocycles. The third-order valence-corrected chi connectivity index (χ3v) is 2.22. The number of hydrogen-bond acceptors (Lipinski definition) is 2. The van der Waals surface area contributed by atoms with Crippen LogP contribution in [0.2, 0.25) is 0 Å². The molecule has 0 spiro atoms. The van der Waals surface area contributed by atoms with Crippen molar-refractivity contribution in [3.05, 3.63) is 34.8 Å². The van der Waals surface area contributed by atoms with Crippen LogP contribution >= 0.6 is 11.6 Å². The molecule has 2 nitrogen and oxygen atoms in total. The van der Waals surface area contributed by atoms with Crippen LogP contribution in [0.1, 0.15) is 0 Å². The maximum atomic E-state index is 5.66. The Labute approximate surface area is 82.2 Å². The summed E-state index contributed by atoms with van der Waals surface area (Å²) in [5.41, 5.74) is 0. The first-order chi connectivity index (χ1) is 6.40. The quantitative estimate of drug-likeness (QED) is 0.629. The highest BCUT2D eigenvalue weighted by Crippen LogP contribution is 1.93. The highest BCUT2D eigenvalue weighted by Gasteiger charge is 2.01. The smallest absolute Gasteiger partial charge is 0.110 e. The van der Waals surface area contributed by atoms with Crippen LogP contribution in [0.15, 0.2) is 29.3 Å². The van der Waals surface area contributed by atoms with E-state index in [1.807, 2.05) is 18.2 Å². The zero-order chi connectivity index (χ0) is 9.10. The number of para-hydroxylation sites is 1. The molecule has 1 aromatic rings. The molecule has 0 bridgehead atoms. The zero-order valence-corrected chi connectivity index (χ0v) is 8.04. The molecule has 0 fully saturated rings. The number of rotatable bonds is 2. The topological polar surface area (TPSA) is 15.6 Å². The number of halogens is 1. The van der Waals surface area contributed by atoms with Crippen molar-refractivity contribution in [2.75, 3.05) is 19.1 Å². The van der Waals surface area contributed by atoms with E-state index in [9.17, 15) is 0 Å². The fraction of sp³-hybridized carbons (Fsp3) is 0.300. The molecule has 0 aromatic heterocycles. The van der Waals surface area contributed by atoms with Gasteiger partial charge in [-0.3, -0.25) is 4.99 Å². The minimum absolute atomic E-state index is 0.647. The van der Waals surface area contributed by atoms with Gasteiger partial charge in [-0.1, -0.05) is 18.2 Å². The van der Waals surface area contributed by atoms with Gasteiger partial charge in [0.15, 0.2) is 0 Å². The average Bonchev–Trinajstić information content (AvgIpc) is 2.18. The summed E-state index contributed by atoms with van der Waals surface area (Å²) >= 11 is 5.66. The van der Waals surface area contributed by atoms with E-state index in [2.05, 4.69) is 22.2 Å². The third-order valence-electron chi connectivity index (χ3n) is 2.05. The number of nitrogens with zero attached hydrogens (tertiary/aromatic N) is 2. The van der Waals surface area contributed by atoms with Crippen molar-refractivity contribution >= 4 is 17.8 Å². The SMILES string of the molecule is ClCCN1C=c2ccccc2=NC1. The molecule has 0 saturated heterocycles. The monoisotopic (exact) mass is 194 g/mol. The predicted molar refractivity (Wildman–Crippen MR) is 54.0 cm³/mol. The molecule has 0 N–H and O–H groups in total. The fourth-order valence-corrected chi connectivity index (χ4v) is 1.61. The Hall–Kier alpha value is -1.02. The molecule has 1 aliphatic heterocycles. The number of fused-ring (bicyclic) bond motifs is 1. The van der Waals surface area contributed by atoms with Gasteiger partial charge in [-0.05, 0) is 6.07 Å². The van der Waals surface area contributed by atoms with Crippen molar-refractivity contribution in [1.82, 2.24) is 4.90 Å². The van der Waals surface area contributed by atoms with Crippen LogP contribution in [0.4, 0.5) is 0 Å². The second-order valence-corrected chi connectivity index (χ2v) is 3.37. The predicted octanol–water partition coefficient (Wildman–Crippen LogP) is 0.556. The van der Waals surface area contributed by atoms with Crippen molar-refractivity contribution in [2.45, 2.75) is 0 Å². The maximum absolute atomic E-state index is 5.66. The molecule has 0 amide bonds. The Morgan fingerprint density at radius 3 is 3.08 bits per heavy atom. The van der Waals surface area contributed by atoms with Gasteiger partial charge in [0.2, 0.25) is 0 Å². The molecule has 1 aliphatic rings. The highest BCUT2D eigenvalue weighted by molar-refractivity contribution is 6.18. The summed E-state index contributed by atoms with van der Waals surface area (Å²) in [5.74, 6) is 0.647. The molecule has 1 aromatic carbocycles. The van der Waals surface area contributed by atoms with Crippen LogP contribution in [0.5, 0.6) is 0 Å². The Kier molecular flexibility index (Phi) is 2.50. The van der Waals surface area contributed by atoms with Gasteiger partial charge >= 0.3 is 0 Å². The Balaban J connectivity index is 2.38. The lowest BCUT2D eigenvalue weighted by Gasteiger charge is -2.18. The lowest BCUT2D eigenvalue weighted by molar-refractivity contribution is 0.438. The molecular weight excluding hydrogens is 184 g/mol. The summed E-state index contributed by atoms with van der Waals surface area (Å²) in [7, 11) is 0. The summed E-state index contributed by atoms with van der Waals surface area (Å²) in [6, 6.07) is 8.13. The van der Waals surface area contributed by atoms with E-state index in [-0.39, 0.29) is 0 Å². The Morgan fingerprint density at radius 1 is 1.38 bits per heavy atom. The molecule has 0 atom stereocenters. The molecule has 2 rings (SSSR count). The minimum atomic E-state index is 0.647. The summed E-state index contributed by atoms with van der Waals surface area (Å²) in [6.07, 6.45) is 2.12. The standard InChI is InChI=1S/C10H11ClN2/c11-5-6-13-7-9-3-1-2-4-10(9)12-8-13/h1-4,7H,5-6,8H2. The Morgan fingerprint density at radius 2 is 2.23 bits per heavy atom. The molecule has 0 radical (unpaired) electrons. The van der Waals surface area contributed by atoms with E-state index in [4.69, 9.17) is 11.6 Å². The average molecular weight is 195 g/mol. The van der Waals surface area contributed by atoms with E-state index in [1.54, 1.807) is 0 Å². The van der Waals surface area contributed by atoms with Crippen molar-refractivity contribution in [3.8, 4) is 0 Å². The molecule has 68 valence electrons. The molecule has 3 heteroatoms. The summed E-state index contributed by atoms with van der Waals surface area (Å²) in [6.45, 7) is 1.59. The summed E-state index contributed by atoms with van der Waals surface area (Å²) in [4.78, 5) is 6.55. The first-order valence-corrected chi connectivity index (χ1v) is 4.85. The van der Waals surface area contributed by atoms with Gasteiger partial charge in [-0.2, -0.15) is 0 Å². The molecule has 0 unspecified atom stereocenters. The maximum Gasteiger partial charge on any atom is 0.110 e. The van der Waals surface area contributed by atoms with Crippen molar-refractivity contribution in [1.29, 1.82) is 0 Å². The molecule has 0 aliphatic carbocycles. The first kappa shape index (κ1) is 8.57. The van der Waals surface area contributed by atoms with E-state index < -0.39 is 0 Å². The molecule has 13 heavy (non-hydrogen) atoms. The lowest BCUT2D eigenvalue weighted by Crippen LogP contribution is -2.36. The molecular formula is C10H11ClN2. The second-order valence-electron chi connectivity index (χ2n) is 2.99. The van der Waals surface area contributed by atoms with Crippen molar-refractivity contribution in [2.24, 2.45) is 4.99 Å². The van der Waals surface area contributed by atoms with Gasteiger partial charge in [0.25, 0.3) is 0 Å². The number of hydrogen-bond donors (Lipinski definition) is 0. The van der Waals surface area contributed by atoms with Crippen LogP contribution in [0.25, 0.3) is 6.20 Å². The van der Waals surface area contributed by atoms with Gasteiger partial charge in [0, 0.05) is 23.8 Å². The molecule has 1 heterocycles. The van der Waals surface area contributed by atoms with Gasteiger partial charge in [0.05, 0.1) is 5.36 Å². The van der Waals surface area contributed by atoms with E-state index in [0.717, 1.165) is 18.6 Å². The minimum Gasteiger partial charge on any atom is -0.357 e.